The van der Waals surface area contributed by atoms with Crippen LogP contribution in [0.25, 0.3) is 0 Å². The number of halogens is 5. The molecule has 0 saturated carbocycles. The largest absolute Gasteiger partial charge is 0.416 e. The molecule has 1 aliphatic heterocycles. The summed E-state index contributed by atoms with van der Waals surface area (Å²) >= 11 is 0. The third-order valence-corrected chi connectivity index (χ3v) is 3.45. The number of nitrogens with one attached hydrogen (secondary N) is 1. The molecule has 0 bridgehead atoms. The van der Waals surface area contributed by atoms with Gasteiger partial charge in [0.05, 0.1) is 18.2 Å². The molecule has 0 radical (unpaired) electrons. The summed E-state index contributed by atoms with van der Waals surface area (Å²) in [5, 5.41) is 12.6. The van der Waals surface area contributed by atoms with E-state index in [4.69, 9.17) is 0 Å². The fraction of sp³-hybridized carbons (Fsp3) is 0.538. The van der Waals surface area contributed by atoms with Crippen LogP contribution in [-0.2, 0) is 6.18 Å². The molecule has 1 aromatic rings. The third kappa shape index (κ3) is 4.29. The van der Waals surface area contributed by atoms with E-state index < -0.39 is 30.2 Å². The van der Waals surface area contributed by atoms with Crippen LogP contribution in [0.2, 0.25) is 0 Å². The van der Waals surface area contributed by atoms with Gasteiger partial charge in [0.1, 0.15) is 5.82 Å². The highest BCUT2D eigenvalue weighted by Crippen LogP contribution is 2.36. The molecule has 0 unspecified atom stereocenters. The average molecular weight is 329 g/mol. The first kappa shape index (κ1) is 18.2. The molecule has 0 spiro atoms. The van der Waals surface area contributed by atoms with Crippen molar-refractivity contribution in [1.29, 1.82) is 0 Å². The van der Waals surface area contributed by atoms with Gasteiger partial charge in [-0.05, 0) is 17.7 Å². The van der Waals surface area contributed by atoms with Gasteiger partial charge in [-0.1, -0.05) is 6.07 Å². The number of benzene rings is 1. The van der Waals surface area contributed by atoms with E-state index in [0.29, 0.717) is 32.2 Å². The van der Waals surface area contributed by atoms with E-state index in [0.717, 1.165) is 12.1 Å². The topological polar surface area (TPSA) is 35.5 Å². The number of aliphatic hydroxyl groups is 1. The standard InChI is InChI=1S/C13H16F4N2O.ClH/c14-9-1-2-10(11(7-9)13(15,16)17)12(8-20)19-5-3-18-4-6-19;/h1-2,7,12,18,20H,3-6,8H2;1H/t12-;/m1./s1. The van der Waals surface area contributed by atoms with E-state index >= 15 is 0 Å². The minimum atomic E-state index is -4.64. The summed E-state index contributed by atoms with van der Waals surface area (Å²) in [7, 11) is 0. The highest BCUT2D eigenvalue weighted by atomic mass is 35.5. The van der Waals surface area contributed by atoms with Crippen LogP contribution in [0, 0.1) is 5.82 Å². The summed E-state index contributed by atoms with van der Waals surface area (Å²) in [6.07, 6.45) is -4.64. The van der Waals surface area contributed by atoms with E-state index in [1.807, 2.05) is 0 Å². The molecule has 1 fully saturated rings. The van der Waals surface area contributed by atoms with Crippen molar-refractivity contribution < 1.29 is 22.7 Å². The highest BCUT2D eigenvalue weighted by Gasteiger charge is 2.37. The lowest BCUT2D eigenvalue weighted by atomic mass is 9.98. The molecule has 120 valence electrons. The van der Waals surface area contributed by atoms with Crippen molar-refractivity contribution in [3.63, 3.8) is 0 Å². The number of alkyl halides is 3. The Labute approximate surface area is 126 Å². The second-order valence-electron chi connectivity index (χ2n) is 4.71. The van der Waals surface area contributed by atoms with Crippen LogP contribution in [0.4, 0.5) is 17.6 Å². The predicted molar refractivity (Wildman–Crippen MR) is 72.9 cm³/mol. The van der Waals surface area contributed by atoms with E-state index in [-0.39, 0.29) is 18.0 Å². The van der Waals surface area contributed by atoms with E-state index in [2.05, 4.69) is 5.32 Å². The van der Waals surface area contributed by atoms with E-state index in [9.17, 15) is 22.7 Å². The second-order valence-corrected chi connectivity index (χ2v) is 4.71. The summed E-state index contributed by atoms with van der Waals surface area (Å²) < 4.78 is 52.1. The first-order valence-corrected chi connectivity index (χ1v) is 6.35. The third-order valence-electron chi connectivity index (χ3n) is 3.45. The molecule has 0 amide bonds. The fourth-order valence-corrected chi connectivity index (χ4v) is 2.47. The molecule has 0 aromatic heterocycles. The molecule has 1 aliphatic rings. The quantitative estimate of drug-likeness (QED) is 0.835. The van der Waals surface area contributed by atoms with Crippen LogP contribution >= 0.6 is 12.4 Å². The van der Waals surface area contributed by atoms with Crippen LogP contribution in [-0.4, -0.2) is 42.8 Å². The minimum Gasteiger partial charge on any atom is -0.394 e. The van der Waals surface area contributed by atoms with Gasteiger partial charge >= 0.3 is 6.18 Å². The van der Waals surface area contributed by atoms with E-state index in [1.165, 1.54) is 0 Å². The summed E-state index contributed by atoms with van der Waals surface area (Å²) in [4.78, 5) is 1.78. The summed E-state index contributed by atoms with van der Waals surface area (Å²) in [6, 6.07) is 1.82. The zero-order valence-electron chi connectivity index (χ0n) is 11.2. The Bertz CT molecular complexity index is 464. The normalized spacial score (nSPS) is 18.1. The van der Waals surface area contributed by atoms with Crippen molar-refractivity contribution in [3.05, 3.63) is 35.1 Å². The van der Waals surface area contributed by atoms with Gasteiger partial charge in [0.2, 0.25) is 0 Å². The van der Waals surface area contributed by atoms with Gasteiger partial charge in [-0.2, -0.15) is 13.2 Å². The van der Waals surface area contributed by atoms with Crippen molar-refractivity contribution in [2.75, 3.05) is 32.8 Å². The molecule has 1 aromatic carbocycles. The van der Waals surface area contributed by atoms with Gasteiger partial charge in [0.25, 0.3) is 0 Å². The average Bonchev–Trinajstić information content (AvgIpc) is 2.41. The molecule has 21 heavy (non-hydrogen) atoms. The first-order valence-electron chi connectivity index (χ1n) is 6.35. The smallest absolute Gasteiger partial charge is 0.394 e. The molecule has 1 heterocycles. The maximum atomic E-state index is 13.1. The number of nitrogens with zero attached hydrogens (tertiary/aromatic N) is 1. The lowest BCUT2D eigenvalue weighted by Gasteiger charge is -2.35. The van der Waals surface area contributed by atoms with Crippen molar-refractivity contribution in [1.82, 2.24) is 10.2 Å². The van der Waals surface area contributed by atoms with Crippen molar-refractivity contribution in [3.8, 4) is 0 Å². The molecular formula is C13H17ClF4N2O. The lowest BCUT2D eigenvalue weighted by Crippen LogP contribution is -2.46. The van der Waals surface area contributed by atoms with Gasteiger partial charge in [0.15, 0.2) is 0 Å². The fourth-order valence-electron chi connectivity index (χ4n) is 2.47. The number of rotatable bonds is 3. The molecule has 2 rings (SSSR count). The van der Waals surface area contributed by atoms with Crippen LogP contribution in [0.3, 0.4) is 0 Å². The van der Waals surface area contributed by atoms with Crippen molar-refractivity contribution in [2.45, 2.75) is 12.2 Å². The number of piperazine rings is 1. The summed E-state index contributed by atoms with van der Waals surface area (Å²) in [5.74, 6) is -0.932. The predicted octanol–water partition coefficient (Wildman–Crippen LogP) is 2.20. The summed E-state index contributed by atoms with van der Waals surface area (Å²) in [5.41, 5.74) is -1.10. The maximum absolute atomic E-state index is 13.1. The molecule has 3 nitrogen and oxygen atoms in total. The van der Waals surface area contributed by atoms with Gasteiger partial charge < -0.3 is 10.4 Å². The van der Waals surface area contributed by atoms with Gasteiger partial charge in [0, 0.05) is 26.2 Å². The van der Waals surface area contributed by atoms with Crippen LogP contribution in [0.15, 0.2) is 18.2 Å². The molecule has 1 atom stereocenters. The van der Waals surface area contributed by atoms with Crippen LogP contribution in [0.5, 0.6) is 0 Å². The Morgan fingerprint density at radius 1 is 1.24 bits per heavy atom. The number of hydrogen-bond donors (Lipinski definition) is 2. The van der Waals surface area contributed by atoms with Gasteiger partial charge in [-0.15, -0.1) is 12.4 Å². The molecule has 2 N–H and O–H groups in total. The van der Waals surface area contributed by atoms with Crippen molar-refractivity contribution in [2.24, 2.45) is 0 Å². The number of hydrogen-bond acceptors (Lipinski definition) is 3. The number of aliphatic hydroxyl groups excluding tert-OH is 1. The SMILES string of the molecule is Cl.OC[C@H](c1ccc(F)cc1C(F)(F)F)N1CCNCC1. The Kier molecular flexibility index (Phi) is 6.40. The zero-order valence-corrected chi connectivity index (χ0v) is 12.0. The Balaban J connectivity index is 0.00000220. The zero-order chi connectivity index (χ0) is 14.8. The van der Waals surface area contributed by atoms with E-state index in [1.54, 1.807) is 4.90 Å². The Morgan fingerprint density at radius 2 is 1.86 bits per heavy atom. The minimum absolute atomic E-state index is 0. The van der Waals surface area contributed by atoms with Crippen LogP contribution < -0.4 is 5.32 Å². The van der Waals surface area contributed by atoms with Gasteiger partial charge in [-0.25, -0.2) is 4.39 Å². The maximum Gasteiger partial charge on any atom is 0.416 e. The lowest BCUT2D eigenvalue weighted by molar-refractivity contribution is -0.139. The summed E-state index contributed by atoms with van der Waals surface area (Å²) in [6.45, 7) is 1.95. The van der Waals surface area contributed by atoms with Crippen molar-refractivity contribution >= 4 is 12.4 Å². The monoisotopic (exact) mass is 328 g/mol. The Hall–Kier alpha value is -0.890. The molecule has 0 aliphatic carbocycles. The molecule has 8 heteroatoms. The van der Waals surface area contributed by atoms with Crippen LogP contribution in [0.1, 0.15) is 17.2 Å². The second kappa shape index (κ2) is 7.40. The highest BCUT2D eigenvalue weighted by molar-refractivity contribution is 5.85. The molecular weight excluding hydrogens is 312 g/mol. The first-order chi connectivity index (χ1) is 9.43. The van der Waals surface area contributed by atoms with Gasteiger partial charge in [-0.3, -0.25) is 4.90 Å². The molecule has 1 saturated heterocycles. The Morgan fingerprint density at radius 3 is 2.38 bits per heavy atom.